The van der Waals surface area contributed by atoms with Gasteiger partial charge in [0.2, 0.25) is 0 Å². The highest BCUT2D eigenvalue weighted by molar-refractivity contribution is 5.73. The Hall–Kier alpha value is -1.03. The molecule has 0 spiro atoms. The minimum absolute atomic E-state index is 0.0635. The zero-order valence-electron chi connectivity index (χ0n) is 9.30. The Morgan fingerprint density at radius 2 is 2.21 bits per heavy atom. The lowest BCUT2D eigenvalue weighted by molar-refractivity contribution is 0.154. The lowest BCUT2D eigenvalue weighted by atomic mass is 10.4. The van der Waals surface area contributed by atoms with Crippen LogP contribution < -0.4 is 5.32 Å². The first-order valence-electron chi connectivity index (χ1n) is 4.79. The Morgan fingerprint density at radius 3 is 2.71 bits per heavy atom. The fourth-order valence-corrected chi connectivity index (χ4v) is 0.755. The Kier molecular flexibility index (Phi) is 6.84. The molecule has 4 nitrogen and oxygen atoms in total. The van der Waals surface area contributed by atoms with Crippen molar-refractivity contribution in [3.63, 3.8) is 0 Å². The van der Waals surface area contributed by atoms with Crippen LogP contribution in [0.3, 0.4) is 0 Å². The zero-order chi connectivity index (χ0) is 11.0. The van der Waals surface area contributed by atoms with E-state index in [-0.39, 0.29) is 6.03 Å². The molecule has 14 heavy (non-hydrogen) atoms. The van der Waals surface area contributed by atoms with E-state index in [1.165, 1.54) is 0 Å². The molecule has 1 N–H and O–H groups in total. The number of hydrogen-bond donors (Lipinski definition) is 1. The van der Waals surface area contributed by atoms with Crippen molar-refractivity contribution in [1.29, 1.82) is 0 Å². The first-order valence-corrected chi connectivity index (χ1v) is 4.79. The van der Waals surface area contributed by atoms with E-state index in [0.717, 1.165) is 5.57 Å². The highest BCUT2D eigenvalue weighted by Gasteiger charge is 2.03. The van der Waals surface area contributed by atoms with Crippen molar-refractivity contribution in [2.45, 2.75) is 13.8 Å². The van der Waals surface area contributed by atoms with Crippen LogP contribution in [0.1, 0.15) is 13.8 Å². The largest absolute Gasteiger partial charge is 0.375 e. The summed E-state index contributed by atoms with van der Waals surface area (Å²) in [6.07, 6.45) is 0. The molecule has 82 valence electrons. The van der Waals surface area contributed by atoms with Gasteiger partial charge >= 0.3 is 6.03 Å². The molecule has 0 saturated carbocycles. The number of rotatable bonds is 6. The second-order valence-electron chi connectivity index (χ2n) is 3.26. The molecule has 0 heterocycles. The average molecular weight is 200 g/mol. The number of urea groups is 1. The molecule has 0 aliphatic rings. The van der Waals surface area contributed by atoms with Crippen molar-refractivity contribution in [2.24, 2.45) is 0 Å². The van der Waals surface area contributed by atoms with Crippen LogP contribution in [0.15, 0.2) is 12.2 Å². The van der Waals surface area contributed by atoms with Crippen LogP contribution in [0.5, 0.6) is 0 Å². The van der Waals surface area contributed by atoms with E-state index in [1.807, 2.05) is 13.8 Å². The Bertz CT molecular complexity index is 193. The summed E-state index contributed by atoms with van der Waals surface area (Å²) in [7, 11) is 1.75. The minimum atomic E-state index is -0.0635. The quantitative estimate of drug-likeness (QED) is 0.517. The van der Waals surface area contributed by atoms with Gasteiger partial charge in [0, 0.05) is 20.1 Å². The number of hydrogen-bond acceptors (Lipinski definition) is 2. The lowest BCUT2D eigenvalue weighted by Gasteiger charge is -2.15. The second kappa shape index (κ2) is 7.38. The van der Waals surface area contributed by atoms with Crippen LogP contribution in [-0.2, 0) is 4.74 Å². The molecule has 0 saturated heterocycles. The van der Waals surface area contributed by atoms with Crippen molar-refractivity contribution in [2.75, 3.05) is 33.4 Å². The summed E-state index contributed by atoms with van der Waals surface area (Å²) < 4.78 is 5.23. The maximum absolute atomic E-state index is 11.2. The summed E-state index contributed by atoms with van der Waals surface area (Å²) in [5.41, 5.74) is 0.988. The predicted octanol–water partition coefficient (Wildman–Crippen LogP) is 1.24. The summed E-state index contributed by atoms with van der Waals surface area (Å²) >= 11 is 0. The van der Waals surface area contributed by atoms with Gasteiger partial charge in [-0.1, -0.05) is 12.2 Å². The molecule has 0 aromatic heterocycles. The molecule has 0 aliphatic carbocycles. The number of nitrogens with one attached hydrogen (secondary N) is 1. The number of carbonyl (C=O) groups excluding carboxylic acids is 1. The van der Waals surface area contributed by atoms with Crippen molar-refractivity contribution < 1.29 is 9.53 Å². The van der Waals surface area contributed by atoms with Crippen LogP contribution in [0.25, 0.3) is 0 Å². The molecule has 0 aromatic carbocycles. The molecule has 4 heteroatoms. The summed E-state index contributed by atoms with van der Waals surface area (Å²) in [6, 6.07) is -0.0635. The summed E-state index contributed by atoms with van der Waals surface area (Å²) in [4.78, 5) is 12.8. The van der Waals surface area contributed by atoms with Crippen molar-refractivity contribution in [3.05, 3.63) is 12.2 Å². The molecular weight excluding hydrogens is 180 g/mol. The summed E-state index contributed by atoms with van der Waals surface area (Å²) in [6.45, 7) is 9.87. The van der Waals surface area contributed by atoms with Gasteiger partial charge in [-0.3, -0.25) is 0 Å². The van der Waals surface area contributed by atoms with Gasteiger partial charge in [-0.05, 0) is 13.8 Å². The van der Waals surface area contributed by atoms with Crippen LogP contribution in [0, 0.1) is 0 Å². The Morgan fingerprint density at radius 1 is 1.57 bits per heavy atom. The molecule has 0 atom stereocenters. The molecule has 0 aliphatic heterocycles. The van der Waals surface area contributed by atoms with Crippen molar-refractivity contribution in [3.8, 4) is 0 Å². The maximum atomic E-state index is 11.2. The van der Waals surface area contributed by atoms with Crippen molar-refractivity contribution >= 4 is 6.03 Å². The van der Waals surface area contributed by atoms with Crippen LogP contribution in [0.4, 0.5) is 4.79 Å². The van der Waals surface area contributed by atoms with Gasteiger partial charge in [-0.25, -0.2) is 4.79 Å². The number of nitrogens with zero attached hydrogens (tertiary/aromatic N) is 1. The number of amides is 2. The lowest BCUT2D eigenvalue weighted by Crippen LogP contribution is -2.38. The van der Waals surface area contributed by atoms with E-state index >= 15 is 0 Å². The molecule has 2 amide bonds. The maximum Gasteiger partial charge on any atom is 0.317 e. The molecule has 0 aromatic rings. The Balaban J connectivity index is 3.36. The third-order valence-electron chi connectivity index (χ3n) is 1.69. The van der Waals surface area contributed by atoms with E-state index in [0.29, 0.717) is 26.3 Å². The minimum Gasteiger partial charge on any atom is -0.375 e. The molecule has 0 radical (unpaired) electrons. The monoisotopic (exact) mass is 200 g/mol. The summed E-state index contributed by atoms with van der Waals surface area (Å²) in [5, 5.41) is 2.74. The van der Waals surface area contributed by atoms with Gasteiger partial charge < -0.3 is 15.0 Å². The molecule has 0 bridgehead atoms. The van der Waals surface area contributed by atoms with E-state index in [1.54, 1.807) is 11.9 Å². The van der Waals surface area contributed by atoms with Gasteiger partial charge in [-0.2, -0.15) is 0 Å². The molecule has 0 rings (SSSR count). The fraction of sp³-hybridized carbons (Fsp3) is 0.700. The van der Waals surface area contributed by atoms with Gasteiger partial charge in [0.25, 0.3) is 0 Å². The third-order valence-corrected chi connectivity index (χ3v) is 1.69. The average Bonchev–Trinajstić information content (AvgIpc) is 2.15. The van der Waals surface area contributed by atoms with E-state index in [4.69, 9.17) is 4.74 Å². The fourth-order valence-electron chi connectivity index (χ4n) is 0.755. The predicted molar refractivity (Wildman–Crippen MR) is 57.3 cm³/mol. The standard InChI is InChI=1S/C10H20N2O2/c1-5-12(4)10(13)11-6-7-14-8-9(2)3/h2,5-8H2,1,3-4H3,(H,11,13). The van der Waals surface area contributed by atoms with Gasteiger partial charge in [0.05, 0.1) is 13.2 Å². The first-order chi connectivity index (χ1) is 6.57. The Labute approximate surface area is 85.9 Å². The van der Waals surface area contributed by atoms with Crippen LogP contribution in [-0.4, -0.2) is 44.3 Å². The van der Waals surface area contributed by atoms with E-state index in [2.05, 4.69) is 11.9 Å². The first kappa shape index (κ1) is 13.0. The van der Waals surface area contributed by atoms with E-state index < -0.39 is 0 Å². The summed E-state index contributed by atoms with van der Waals surface area (Å²) in [5.74, 6) is 0. The van der Waals surface area contributed by atoms with Gasteiger partial charge in [-0.15, -0.1) is 0 Å². The highest BCUT2D eigenvalue weighted by Crippen LogP contribution is 1.87. The zero-order valence-corrected chi connectivity index (χ0v) is 9.30. The van der Waals surface area contributed by atoms with Crippen LogP contribution in [0.2, 0.25) is 0 Å². The number of ether oxygens (including phenoxy) is 1. The second-order valence-corrected chi connectivity index (χ2v) is 3.26. The number of carbonyl (C=O) groups is 1. The highest BCUT2D eigenvalue weighted by atomic mass is 16.5. The smallest absolute Gasteiger partial charge is 0.317 e. The SMILES string of the molecule is C=C(C)COCCNC(=O)N(C)CC. The normalized spacial score (nSPS) is 9.64. The third kappa shape index (κ3) is 6.48. The van der Waals surface area contributed by atoms with Crippen LogP contribution >= 0.6 is 0 Å². The van der Waals surface area contributed by atoms with Crippen molar-refractivity contribution in [1.82, 2.24) is 10.2 Å². The van der Waals surface area contributed by atoms with Gasteiger partial charge in [0.15, 0.2) is 0 Å². The van der Waals surface area contributed by atoms with Gasteiger partial charge in [0.1, 0.15) is 0 Å². The topological polar surface area (TPSA) is 41.6 Å². The van der Waals surface area contributed by atoms with E-state index in [9.17, 15) is 4.79 Å². The molecule has 0 unspecified atom stereocenters. The molecular formula is C10H20N2O2. The molecule has 0 fully saturated rings.